The van der Waals surface area contributed by atoms with Gasteiger partial charge in [-0.25, -0.2) is 9.97 Å². The van der Waals surface area contributed by atoms with Gasteiger partial charge in [-0.15, -0.1) is 0 Å². The Hall–Kier alpha value is -0.770. The van der Waals surface area contributed by atoms with Crippen molar-refractivity contribution in [2.75, 3.05) is 11.9 Å². The largest absolute Gasteiger partial charge is 0.370 e. The minimum absolute atomic E-state index is 0.624. The summed E-state index contributed by atoms with van der Waals surface area (Å²) >= 11 is 1.93. The van der Waals surface area contributed by atoms with Crippen LogP contribution in [-0.2, 0) is 12.2 Å². The second-order valence-electron chi connectivity index (χ2n) is 5.32. The Morgan fingerprint density at radius 3 is 2.53 bits per heavy atom. The first-order valence-corrected chi connectivity index (χ1v) is 8.32. The van der Waals surface area contributed by atoms with E-state index in [9.17, 15) is 0 Å². The highest BCUT2D eigenvalue weighted by Crippen LogP contribution is 2.19. The standard InChI is InChI=1S/C15H27N3S/c1-6-12(5)19-10-15-17-13(8-11(3)4)9-14(18-15)16-7-2/h9,11-12H,6-8,10H2,1-5H3,(H,16,17,18). The Kier molecular flexibility index (Phi) is 7.21. The number of aromatic nitrogens is 2. The summed E-state index contributed by atoms with van der Waals surface area (Å²) in [6.45, 7) is 11.9. The molecule has 0 aliphatic heterocycles. The highest BCUT2D eigenvalue weighted by molar-refractivity contribution is 7.99. The van der Waals surface area contributed by atoms with Crippen LogP contribution in [0.2, 0.25) is 0 Å². The molecule has 1 unspecified atom stereocenters. The number of rotatable bonds is 8. The van der Waals surface area contributed by atoms with Crippen LogP contribution in [0.3, 0.4) is 0 Å². The Bertz CT molecular complexity index is 380. The van der Waals surface area contributed by atoms with Crippen molar-refractivity contribution in [2.45, 2.75) is 58.5 Å². The molecule has 0 spiro atoms. The smallest absolute Gasteiger partial charge is 0.140 e. The van der Waals surface area contributed by atoms with Gasteiger partial charge in [0.05, 0.1) is 5.75 Å². The second-order valence-corrected chi connectivity index (χ2v) is 6.75. The van der Waals surface area contributed by atoms with E-state index in [1.165, 1.54) is 6.42 Å². The van der Waals surface area contributed by atoms with Crippen molar-refractivity contribution >= 4 is 17.6 Å². The van der Waals surface area contributed by atoms with E-state index >= 15 is 0 Å². The normalized spacial score (nSPS) is 12.7. The van der Waals surface area contributed by atoms with Gasteiger partial charge in [0.1, 0.15) is 11.6 Å². The fraction of sp³-hybridized carbons (Fsp3) is 0.733. The van der Waals surface area contributed by atoms with Crippen LogP contribution in [0, 0.1) is 5.92 Å². The average molecular weight is 281 g/mol. The number of hydrogen-bond acceptors (Lipinski definition) is 4. The summed E-state index contributed by atoms with van der Waals surface area (Å²) in [7, 11) is 0. The molecular weight excluding hydrogens is 254 g/mol. The van der Waals surface area contributed by atoms with E-state index in [0.29, 0.717) is 11.2 Å². The number of nitrogens with zero attached hydrogens (tertiary/aromatic N) is 2. The molecule has 1 aromatic rings. The molecule has 1 heterocycles. The minimum Gasteiger partial charge on any atom is -0.370 e. The van der Waals surface area contributed by atoms with Crippen LogP contribution in [0.4, 0.5) is 5.82 Å². The van der Waals surface area contributed by atoms with Crippen LogP contribution in [0.1, 0.15) is 52.6 Å². The maximum atomic E-state index is 4.69. The van der Waals surface area contributed by atoms with E-state index in [2.05, 4.69) is 51.0 Å². The summed E-state index contributed by atoms with van der Waals surface area (Å²) in [5.41, 5.74) is 1.15. The fourth-order valence-corrected chi connectivity index (χ4v) is 2.54. The van der Waals surface area contributed by atoms with Gasteiger partial charge < -0.3 is 5.32 Å². The predicted octanol–water partition coefficient (Wildman–Crippen LogP) is 4.14. The lowest BCUT2D eigenvalue weighted by Gasteiger charge is -2.12. The van der Waals surface area contributed by atoms with Crippen molar-refractivity contribution < 1.29 is 0 Å². The molecule has 0 bridgehead atoms. The molecule has 0 amide bonds. The van der Waals surface area contributed by atoms with E-state index in [-0.39, 0.29) is 0 Å². The van der Waals surface area contributed by atoms with Gasteiger partial charge >= 0.3 is 0 Å². The zero-order valence-corrected chi connectivity index (χ0v) is 13.7. The first-order valence-electron chi connectivity index (χ1n) is 7.27. The molecule has 0 radical (unpaired) electrons. The van der Waals surface area contributed by atoms with E-state index < -0.39 is 0 Å². The van der Waals surface area contributed by atoms with Gasteiger partial charge in [0.2, 0.25) is 0 Å². The van der Waals surface area contributed by atoms with Crippen molar-refractivity contribution in [3.8, 4) is 0 Å². The van der Waals surface area contributed by atoms with Gasteiger partial charge in [0.15, 0.2) is 0 Å². The summed E-state index contributed by atoms with van der Waals surface area (Å²) in [6, 6.07) is 2.08. The van der Waals surface area contributed by atoms with Crippen molar-refractivity contribution in [3.05, 3.63) is 17.6 Å². The van der Waals surface area contributed by atoms with Crippen molar-refractivity contribution in [2.24, 2.45) is 5.92 Å². The Morgan fingerprint density at radius 1 is 1.21 bits per heavy atom. The zero-order valence-electron chi connectivity index (χ0n) is 12.9. The zero-order chi connectivity index (χ0) is 14.3. The average Bonchev–Trinajstić information content (AvgIpc) is 2.35. The minimum atomic E-state index is 0.624. The molecule has 1 rings (SSSR count). The molecule has 0 fully saturated rings. The molecule has 0 aliphatic carbocycles. The molecular formula is C15H27N3S. The molecule has 108 valence electrons. The van der Waals surface area contributed by atoms with Gasteiger partial charge in [-0.1, -0.05) is 27.7 Å². The molecule has 1 atom stereocenters. The molecule has 3 nitrogen and oxygen atoms in total. The number of thioether (sulfide) groups is 1. The monoisotopic (exact) mass is 281 g/mol. The van der Waals surface area contributed by atoms with Gasteiger partial charge in [-0.2, -0.15) is 11.8 Å². The van der Waals surface area contributed by atoms with E-state index in [0.717, 1.165) is 36.1 Å². The number of anilines is 1. The van der Waals surface area contributed by atoms with Gasteiger partial charge in [0.25, 0.3) is 0 Å². The molecule has 0 aliphatic rings. The first kappa shape index (κ1) is 16.3. The van der Waals surface area contributed by atoms with Crippen LogP contribution >= 0.6 is 11.8 Å². The topological polar surface area (TPSA) is 37.8 Å². The fourth-order valence-electron chi connectivity index (χ4n) is 1.75. The maximum absolute atomic E-state index is 4.69. The van der Waals surface area contributed by atoms with E-state index in [1.807, 2.05) is 11.8 Å². The molecule has 1 aromatic heterocycles. The summed E-state index contributed by atoms with van der Waals surface area (Å²) in [5, 5.41) is 3.97. The highest BCUT2D eigenvalue weighted by atomic mass is 32.2. The lowest BCUT2D eigenvalue weighted by molar-refractivity contribution is 0.632. The van der Waals surface area contributed by atoms with Crippen LogP contribution in [0.25, 0.3) is 0 Å². The van der Waals surface area contributed by atoms with Crippen LogP contribution in [0.15, 0.2) is 6.07 Å². The molecule has 0 saturated carbocycles. The summed E-state index contributed by atoms with van der Waals surface area (Å²) in [6.07, 6.45) is 2.21. The summed E-state index contributed by atoms with van der Waals surface area (Å²) in [4.78, 5) is 9.28. The van der Waals surface area contributed by atoms with Crippen LogP contribution in [0.5, 0.6) is 0 Å². The van der Waals surface area contributed by atoms with Crippen molar-refractivity contribution in [1.82, 2.24) is 9.97 Å². The number of hydrogen-bond donors (Lipinski definition) is 1. The quantitative estimate of drug-likeness (QED) is 0.777. The molecule has 0 saturated heterocycles. The lowest BCUT2D eigenvalue weighted by Crippen LogP contribution is -2.08. The lowest BCUT2D eigenvalue weighted by atomic mass is 10.1. The third-order valence-electron chi connectivity index (χ3n) is 2.87. The second kappa shape index (κ2) is 8.41. The van der Waals surface area contributed by atoms with Crippen molar-refractivity contribution in [1.29, 1.82) is 0 Å². The molecule has 19 heavy (non-hydrogen) atoms. The molecule has 1 N–H and O–H groups in total. The summed E-state index contributed by atoms with van der Waals surface area (Å²) in [5.74, 6) is 3.45. The van der Waals surface area contributed by atoms with Crippen LogP contribution < -0.4 is 5.32 Å². The Morgan fingerprint density at radius 2 is 1.95 bits per heavy atom. The predicted molar refractivity (Wildman–Crippen MR) is 85.8 cm³/mol. The molecule has 0 aromatic carbocycles. The first-order chi connectivity index (χ1) is 9.05. The Balaban J connectivity index is 2.79. The Labute approximate surface area is 122 Å². The SMILES string of the molecule is CCNc1cc(CC(C)C)nc(CSC(C)CC)n1. The summed E-state index contributed by atoms with van der Waals surface area (Å²) < 4.78 is 0. The van der Waals surface area contributed by atoms with Crippen molar-refractivity contribution in [3.63, 3.8) is 0 Å². The third-order valence-corrected chi connectivity index (χ3v) is 4.20. The van der Waals surface area contributed by atoms with E-state index in [4.69, 9.17) is 4.98 Å². The number of nitrogens with one attached hydrogen (secondary N) is 1. The molecule has 4 heteroatoms. The highest BCUT2D eigenvalue weighted by Gasteiger charge is 2.08. The van der Waals surface area contributed by atoms with Crippen LogP contribution in [-0.4, -0.2) is 21.8 Å². The van der Waals surface area contributed by atoms with E-state index in [1.54, 1.807) is 0 Å². The van der Waals surface area contributed by atoms with Gasteiger partial charge in [-0.05, 0) is 25.7 Å². The maximum Gasteiger partial charge on any atom is 0.140 e. The van der Waals surface area contributed by atoms with Gasteiger partial charge in [-0.3, -0.25) is 0 Å². The van der Waals surface area contributed by atoms with Gasteiger partial charge in [0, 0.05) is 23.6 Å². The third kappa shape index (κ3) is 6.28.